The summed E-state index contributed by atoms with van der Waals surface area (Å²) in [5.74, 6) is -0.602. The second-order valence-corrected chi connectivity index (χ2v) is 4.26. The number of halogens is 1. The Balaban J connectivity index is 1.90. The molecular formula is C13H14FN5O2. The molecule has 2 amide bonds. The van der Waals surface area contributed by atoms with E-state index in [2.05, 4.69) is 20.9 Å². The molecule has 110 valence electrons. The molecule has 1 heterocycles. The van der Waals surface area contributed by atoms with Gasteiger partial charge < -0.3 is 10.6 Å². The Morgan fingerprint density at radius 2 is 1.90 bits per heavy atom. The van der Waals surface area contributed by atoms with Crippen LogP contribution in [-0.4, -0.2) is 26.8 Å². The summed E-state index contributed by atoms with van der Waals surface area (Å²) in [5, 5.41) is 12.6. The van der Waals surface area contributed by atoms with Crippen molar-refractivity contribution in [2.75, 3.05) is 10.6 Å². The highest BCUT2D eigenvalue weighted by molar-refractivity contribution is 5.91. The monoisotopic (exact) mass is 291 g/mol. The first-order valence-electron chi connectivity index (χ1n) is 6.32. The largest absolute Gasteiger partial charge is 0.324 e. The minimum Gasteiger partial charge on any atom is -0.324 e. The molecular weight excluding hydrogens is 277 g/mol. The van der Waals surface area contributed by atoms with Gasteiger partial charge in [-0.2, -0.15) is 0 Å². The normalized spacial score (nSPS) is 10.2. The van der Waals surface area contributed by atoms with Crippen LogP contribution in [0.15, 0.2) is 30.5 Å². The average molecular weight is 291 g/mol. The number of rotatable bonds is 5. The molecule has 2 rings (SSSR count). The summed E-state index contributed by atoms with van der Waals surface area (Å²) >= 11 is 0. The molecule has 21 heavy (non-hydrogen) atoms. The fourth-order valence-electron chi connectivity index (χ4n) is 1.55. The summed E-state index contributed by atoms with van der Waals surface area (Å²) in [4.78, 5) is 23.0. The zero-order chi connectivity index (χ0) is 15.2. The van der Waals surface area contributed by atoms with Crippen LogP contribution in [0.4, 0.5) is 15.9 Å². The summed E-state index contributed by atoms with van der Waals surface area (Å²) in [6, 6.07) is 5.43. The lowest BCUT2D eigenvalue weighted by Crippen LogP contribution is -2.19. The molecule has 0 saturated carbocycles. The molecule has 0 atom stereocenters. The van der Waals surface area contributed by atoms with Crippen molar-refractivity contribution >= 4 is 23.3 Å². The Morgan fingerprint density at radius 3 is 2.57 bits per heavy atom. The van der Waals surface area contributed by atoms with Crippen LogP contribution in [0.3, 0.4) is 0 Å². The molecule has 7 nitrogen and oxygen atoms in total. The van der Waals surface area contributed by atoms with Gasteiger partial charge in [0, 0.05) is 12.1 Å². The molecule has 0 aliphatic rings. The van der Waals surface area contributed by atoms with E-state index in [1.165, 1.54) is 35.1 Å². The van der Waals surface area contributed by atoms with Gasteiger partial charge in [-0.3, -0.25) is 9.59 Å². The molecule has 0 bridgehead atoms. The summed E-state index contributed by atoms with van der Waals surface area (Å²) in [6.07, 6.45) is 1.79. The quantitative estimate of drug-likeness (QED) is 0.871. The fourth-order valence-corrected chi connectivity index (χ4v) is 1.55. The lowest BCUT2D eigenvalue weighted by molar-refractivity contribution is -0.117. The van der Waals surface area contributed by atoms with Crippen LogP contribution in [0.2, 0.25) is 0 Å². The van der Waals surface area contributed by atoms with Crippen LogP contribution in [0.1, 0.15) is 13.3 Å². The molecule has 2 aromatic rings. The van der Waals surface area contributed by atoms with Crippen molar-refractivity contribution in [2.24, 2.45) is 0 Å². The van der Waals surface area contributed by atoms with Crippen molar-refractivity contribution in [1.29, 1.82) is 0 Å². The first kappa shape index (κ1) is 14.6. The number of aromatic nitrogens is 3. The van der Waals surface area contributed by atoms with Crippen molar-refractivity contribution in [1.82, 2.24) is 15.0 Å². The van der Waals surface area contributed by atoms with Gasteiger partial charge in [-0.1, -0.05) is 12.1 Å². The highest BCUT2D eigenvalue weighted by Crippen LogP contribution is 2.08. The molecule has 1 aromatic carbocycles. The van der Waals surface area contributed by atoms with Gasteiger partial charge in [0.15, 0.2) is 5.82 Å². The lowest BCUT2D eigenvalue weighted by Gasteiger charge is -2.04. The van der Waals surface area contributed by atoms with E-state index in [4.69, 9.17) is 0 Å². The molecule has 2 N–H and O–H groups in total. The van der Waals surface area contributed by atoms with Crippen molar-refractivity contribution in [3.05, 3.63) is 36.3 Å². The Morgan fingerprint density at radius 1 is 1.19 bits per heavy atom. The van der Waals surface area contributed by atoms with Crippen molar-refractivity contribution in [3.63, 3.8) is 0 Å². The van der Waals surface area contributed by atoms with Crippen LogP contribution >= 0.6 is 0 Å². The van der Waals surface area contributed by atoms with E-state index in [0.717, 1.165) is 0 Å². The number of hydrogen-bond donors (Lipinski definition) is 2. The van der Waals surface area contributed by atoms with Gasteiger partial charge in [-0.15, -0.1) is 5.10 Å². The summed E-state index contributed by atoms with van der Waals surface area (Å²) in [5.41, 5.74) is 0.487. The third kappa shape index (κ3) is 4.37. The maximum atomic E-state index is 12.7. The van der Waals surface area contributed by atoms with Gasteiger partial charge in [-0.25, -0.2) is 9.07 Å². The van der Waals surface area contributed by atoms with Crippen molar-refractivity contribution in [2.45, 2.75) is 19.9 Å². The van der Waals surface area contributed by atoms with E-state index in [1.54, 1.807) is 6.92 Å². The van der Waals surface area contributed by atoms with Crippen molar-refractivity contribution in [3.8, 4) is 0 Å². The van der Waals surface area contributed by atoms with Gasteiger partial charge in [0.05, 0.1) is 6.20 Å². The molecule has 0 unspecified atom stereocenters. The summed E-state index contributed by atoms with van der Waals surface area (Å²) in [6.45, 7) is 1.66. The standard InChI is InChI=1S/C13H14FN5O2/c1-2-12(20)16-11-7-19(18-17-11)8-13(21)15-10-5-3-9(14)4-6-10/h3-7H,2,8H2,1H3,(H,15,21)(H,16,20). The van der Waals surface area contributed by atoms with Gasteiger partial charge in [0.25, 0.3) is 0 Å². The lowest BCUT2D eigenvalue weighted by atomic mass is 10.3. The zero-order valence-corrected chi connectivity index (χ0v) is 11.3. The van der Waals surface area contributed by atoms with Crippen molar-refractivity contribution < 1.29 is 14.0 Å². The number of anilines is 2. The van der Waals surface area contributed by atoms with Gasteiger partial charge >= 0.3 is 0 Å². The first-order chi connectivity index (χ1) is 10.1. The van der Waals surface area contributed by atoms with E-state index in [-0.39, 0.29) is 30.0 Å². The Bertz CT molecular complexity index is 638. The Labute approximate surface area is 120 Å². The number of carbonyl (C=O) groups excluding carboxylic acids is 2. The topological polar surface area (TPSA) is 88.9 Å². The number of carbonyl (C=O) groups is 2. The third-order valence-corrected chi connectivity index (χ3v) is 2.56. The molecule has 8 heteroatoms. The van der Waals surface area contributed by atoms with Crippen LogP contribution in [0.5, 0.6) is 0 Å². The van der Waals surface area contributed by atoms with Crippen LogP contribution in [0.25, 0.3) is 0 Å². The fraction of sp³-hybridized carbons (Fsp3) is 0.231. The second kappa shape index (κ2) is 6.60. The average Bonchev–Trinajstić information content (AvgIpc) is 2.88. The Hall–Kier alpha value is -2.77. The minimum atomic E-state index is -0.374. The SMILES string of the molecule is CCC(=O)Nc1cn(CC(=O)Nc2ccc(F)cc2)nn1. The highest BCUT2D eigenvalue weighted by Gasteiger charge is 2.08. The second-order valence-electron chi connectivity index (χ2n) is 4.26. The molecule has 0 fully saturated rings. The number of nitrogens with zero attached hydrogens (tertiary/aromatic N) is 3. The summed E-state index contributed by atoms with van der Waals surface area (Å²) in [7, 11) is 0. The van der Waals surface area contributed by atoms with E-state index < -0.39 is 0 Å². The molecule has 0 spiro atoms. The molecule has 1 aromatic heterocycles. The van der Waals surface area contributed by atoms with E-state index in [1.807, 2.05) is 0 Å². The maximum absolute atomic E-state index is 12.7. The molecule has 0 aliphatic heterocycles. The zero-order valence-electron chi connectivity index (χ0n) is 11.3. The van der Waals surface area contributed by atoms with E-state index in [9.17, 15) is 14.0 Å². The summed E-state index contributed by atoms with van der Waals surface area (Å²) < 4.78 is 14.0. The smallest absolute Gasteiger partial charge is 0.246 e. The number of nitrogens with one attached hydrogen (secondary N) is 2. The van der Waals surface area contributed by atoms with Gasteiger partial charge in [-0.05, 0) is 24.3 Å². The molecule has 0 radical (unpaired) electrons. The van der Waals surface area contributed by atoms with Crippen LogP contribution < -0.4 is 10.6 Å². The van der Waals surface area contributed by atoms with Crippen LogP contribution in [-0.2, 0) is 16.1 Å². The molecule has 0 aliphatic carbocycles. The van der Waals surface area contributed by atoms with Gasteiger partial charge in [0.2, 0.25) is 11.8 Å². The van der Waals surface area contributed by atoms with Crippen LogP contribution in [0, 0.1) is 5.82 Å². The predicted octanol–water partition coefficient (Wildman–Crippen LogP) is 1.40. The van der Waals surface area contributed by atoms with Gasteiger partial charge in [0.1, 0.15) is 12.4 Å². The van der Waals surface area contributed by atoms with E-state index in [0.29, 0.717) is 12.1 Å². The minimum absolute atomic E-state index is 0.0631. The molecule has 0 saturated heterocycles. The van der Waals surface area contributed by atoms with E-state index >= 15 is 0 Å². The first-order valence-corrected chi connectivity index (χ1v) is 6.32. The number of amides is 2. The predicted molar refractivity (Wildman–Crippen MR) is 74.0 cm³/mol. The Kier molecular flexibility index (Phi) is 4.60. The number of benzene rings is 1. The maximum Gasteiger partial charge on any atom is 0.246 e. The highest BCUT2D eigenvalue weighted by atomic mass is 19.1. The number of hydrogen-bond acceptors (Lipinski definition) is 4. The third-order valence-electron chi connectivity index (χ3n) is 2.56.